The zero-order valence-electron chi connectivity index (χ0n) is 11.8. The summed E-state index contributed by atoms with van der Waals surface area (Å²) in [6.07, 6.45) is -3.83. The lowest BCUT2D eigenvalue weighted by molar-refractivity contribution is -0.274. The van der Waals surface area contributed by atoms with E-state index in [4.69, 9.17) is 5.73 Å². The first kappa shape index (κ1) is 16.4. The number of ether oxygens (including phenoxy) is 1. The van der Waals surface area contributed by atoms with E-state index in [1.54, 1.807) is 12.1 Å². The lowest BCUT2D eigenvalue weighted by atomic mass is 9.87. The number of halogens is 4. The van der Waals surface area contributed by atoms with Gasteiger partial charge in [0.25, 0.3) is 0 Å². The molecule has 21 heavy (non-hydrogen) atoms. The van der Waals surface area contributed by atoms with Crippen LogP contribution in [0.5, 0.6) is 5.75 Å². The Labute approximate surface area is 130 Å². The topological polar surface area (TPSA) is 38.5 Å². The number of rotatable bonds is 2. The first-order valence-electron chi connectivity index (χ1n) is 6.76. The largest absolute Gasteiger partial charge is 0.573 e. The number of alkyl halides is 3. The van der Waals surface area contributed by atoms with Crippen LogP contribution in [0.1, 0.15) is 20.3 Å². The van der Waals surface area contributed by atoms with Crippen LogP contribution in [0, 0.1) is 5.92 Å². The second kappa shape index (κ2) is 6.04. The summed E-state index contributed by atoms with van der Waals surface area (Å²) in [5.41, 5.74) is 6.92. The average Bonchev–Trinajstić information content (AvgIpc) is 2.37. The smallest absolute Gasteiger partial charge is 0.405 e. The van der Waals surface area contributed by atoms with Crippen LogP contribution < -0.4 is 15.4 Å². The monoisotopic (exact) mass is 366 g/mol. The Morgan fingerprint density at radius 1 is 1.33 bits per heavy atom. The lowest BCUT2D eigenvalue weighted by Crippen LogP contribution is -2.51. The Balaban J connectivity index is 2.20. The van der Waals surface area contributed by atoms with Gasteiger partial charge in [0, 0.05) is 24.3 Å². The first-order chi connectivity index (χ1) is 9.69. The molecule has 1 fully saturated rings. The number of hydrogen-bond acceptors (Lipinski definition) is 3. The van der Waals surface area contributed by atoms with Gasteiger partial charge in [0.1, 0.15) is 5.75 Å². The molecular weight excluding hydrogens is 349 g/mol. The Kier molecular flexibility index (Phi) is 4.72. The maximum Gasteiger partial charge on any atom is 0.573 e. The molecule has 1 saturated heterocycles. The zero-order valence-corrected chi connectivity index (χ0v) is 13.4. The molecule has 0 bridgehead atoms. The standard InChI is InChI=1S/C14H18BrF3N2O/c1-8-9(2)20(6-5-12(8)19)10-3-4-13(11(15)7-10)21-14(16,17)18/h3-4,7-9,12H,5-6,19H2,1-2H3. The Hall–Kier alpha value is -0.950. The van der Waals surface area contributed by atoms with E-state index in [2.05, 4.69) is 39.4 Å². The summed E-state index contributed by atoms with van der Waals surface area (Å²) in [6, 6.07) is 5.02. The van der Waals surface area contributed by atoms with Crippen LogP contribution in [0.4, 0.5) is 18.9 Å². The summed E-state index contributed by atoms with van der Waals surface area (Å²) in [5, 5.41) is 0. The van der Waals surface area contributed by atoms with Gasteiger partial charge in [-0.15, -0.1) is 13.2 Å². The van der Waals surface area contributed by atoms with Crippen LogP contribution >= 0.6 is 15.9 Å². The highest BCUT2D eigenvalue weighted by atomic mass is 79.9. The molecule has 0 radical (unpaired) electrons. The highest BCUT2D eigenvalue weighted by molar-refractivity contribution is 9.10. The fourth-order valence-electron chi connectivity index (χ4n) is 2.64. The van der Waals surface area contributed by atoms with Gasteiger partial charge in [-0.3, -0.25) is 0 Å². The molecule has 3 nitrogen and oxygen atoms in total. The van der Waals surface area contributed by atoms with E-state index in [0.717, 1.165) is 18.7 Å². The molecule has 1 heterocycles. The summed E-state index contributed by atoms with van der Waals surface area (Å²) >= 11 is 3.14. The van der Waals surface area contributed by atoms with Crippen molar-refractivity contribution >= 4 is 21.6 Å². The Morgan fingerprint density at radius 2 is 2.00 bits per heavy atom. The second-order valence-corrected chi connectivity index (χ2v) is 6.26. The lowest BCUT2D eigenvalue weighted by Gasteiger charge is -2.43. The van der Waals surface area contributed by atoms with E-state index in [1.807, 2.05) is 0 Å². The predicted molar refractivity (Wildman–Crippen MR) is 79.4 cm³/mol. The summed E-state index contributed by atoms with van der Waals surface area (Å²) in [6.45, 7) is 4.97. The predicted octanol–water partition coefficient (Wildman–Crippen LogP) is 3.91. The molecule has 1 aliphatic heterocycles. The molecule has 0 aromatic heterocycles. The number of anilines is 1. The van der Waals surface area contributed by atoms with Crippen molar-refractivity contribution in [3.63, 3.8) is 0 Å². The Morgan fingerprint density at radius 3 is 2.57 bits per heavy atom. The van der Waals surface area contributed by atoms with E-state index >= 15 is 0 Å². The van der Waals surface area contributed by atoms with Gasteiger partial charge in [-0.25, -0.2) is 0 Å². The number of piperidine rings is 1. The zero-order chi connectivity index (χ0) is 15.8. The van der Waals surface area contributed by atoms with Crippen LogP contribution in [-0.2, 0) is 0 Å². The fraction of sp³-hybridized carbons (Fsp3) is 0.571. The van der Waals surface area contributed by atoms with Gasteiger partial charge in [-0.2, -0.15) is 0 Å². The Bertz CT molecular complexity index is 509. The highest BCUT2D eigenvalue weighted by Gasteiger charge is 2.33. The fourth-order valence-corrected chi connectivity index (χ4v) is 3.08. The van der Waals surface area contributed by atoms with E-state index in [1.165, 1.54) is 6.07 Å². The van der Waals surface area contributed by atoms with Crippen molar-refractivity contribution in [1.82, 2.24) is 0 Å². The van der Waals surface area contributed by atoms with Gasteiger partial charge in [-0.1, -0.05) is 6.92 Å². The van der Waals surface area contributed by atoms with Crippen molar-refractivity contribution in [2.75, 3.05) is 11.4 Å². The number of nitrogens with zero attached hydrogens (tertiary/aromatic N) is 1. The van der Waals surface area contributed by atoms with Gasteiger partial charge in [0.2, 0.25) is 0 Å². The minimum atomic E-state index is -4.69. The SMILES string of the molecule is CC1C(N)CCN(c2ccc(OC(F)(F)F)c(Br)c2)C1C. The molecule has 1 aromatic carbocycles. The van der Waals surface area contributed by atoms with Crippen molar-refractivity contribution in [1.29, 1.82) is 0 Å². The third-order valence-electron chi connectivity index (χ3n) is 4.10. The maximum atomic E-state index is 12.3. The van der Waals surface area contributed by atoms with Gasteiger partial charge >= 0.3 is 6.36 Å². The van der Waals surface area contributed by atoms with Crippen LogP contribution in [-0.4, -0.2) is 25.0 Å². The first-order valence-corrected chi connectivity index (χ1v) is 7.56. The summed E-state index contributed by atoms with van der Waals surface area (Å²) in [5.74, 6) is 0.0873. The second-order valence-electron chi connectivity index (χ2n) is 5.41. The van der Waals surface area contributed by atoms with Crippen LogP contribution in [0.3, 0.4) is 0 Å². The van der Waals surface area contributed by atoms with Gasteiger partial charge < -0.3 is 15.4 Å². The van der Waals surface area contributed by atoms with Crippen molar-refractivity contribution in [2.24, 2.45) is 11.7 Å². The average molecular weight is 367 g/mol. The maximum absolute atomic E-state index is 12.3. The van der Waals surface area contributed by atoms with Crippen molar-refractivity contribution < 1.29 is 17.9 Å². The van der Waals surface area contributed by atoms with E-state index in [-0.39, 0.29) is 22.3 Å². The summed E-state index contributed by atoms with van der Waals surface area (Å²) in [7, 11) is 0. The molecule has 0 saturated carbocycles. The highest BCUT2D eigenvalue weighted by Crippen LogP contribution is 2.36. The van der Waals surface area contributed by atoms with Crippen molar-refractivity contribution in [3.05, 3.63) is 22.7 Å². The molecule has 0 aliphatic carbocycles. The summed E-state index contributed by atoms with van der Waals surface area (Å²) < 4.78 is 41.0. The minimum absolute atomic E-state index is 0.160. The summed E-state index contributed by atoms with van der Waals surface area (Å²) in [4.78, 5) is 2.16. The molecule has 118 valence electrons. The molecular formula is C14H18BrF3N2O. The van der Waals surface area contributed by atoms with Crippen LogP contribution in [0.15, 0.2) is 22.7 Å². The normalized spacial score (nSPS) is 26.8. The third-order valence-corrected chi connectivity index (χ3v) is 4.72. The quantitative estimate of drug-likeness (QED) is 0.862. The van der Waals surface area contributed by atoms with E-state index in [9.17, 15) is 13.2 Å². The van der Waals surface area contributed by atoms with Gasteiger partial charge in [-0.05, 0) is 53.4 Å². The molecule has 0 amide bonds. The number of benzene rings is 1. The van der Waals surface area contributed by atoms with Crippen molar-refractivity contribution in [2.45, 2.75) is 38.7 Å². The molecule has 2 N–H and O–H groups in total. The molecule has 1 aromatic rings. The van der Waals surface area contributed by atoms with Crippen molar-refractivity contribution in [3.8, 4) is 5.75 Å². The molecule has 0 spiro atoms. The van der Waals surface area contributed by atoms with Gasteiger partial charge in [0.05, 0.1) is 4.47 Å². The molecule has 1 aliphatic rings. The third kappa shape index (κ3) is 3.83. The van der Waals surface area contributed by atoms with E-state index < -0.39 is 6.36 Å². The molecule has 2 rings (SSSR count). The van der Waals surface area contributed by atoms with Gasteiger partial charge in [0.15, 0.2) is 0 Å². The minimum Gasteiger partial charge on any atom is -0.405 e. The number of nitrogens with two attached hydrogens (primary N) is 1. The number of hydrogen-bond donors (Lipinski definition) is 1. The molecule has 3 atom stereocenters. The molecule has 7 heteroatoms. The van der Waals surface area contributed by atoms with E-state index in [0.29, 0.717) is 5.92 Å². The van der Waals surface area contributed by atoms with Crippen LogP contribution in [0.25, 0.3) is 0 Å². The van der Waals surface area contributed by atoms with Crippen LogP contribution in [0.2, 0.25) is 0 Å². The molecule has 3 unspecified atom stereocenters.